The molecule has 126 valence electrons. The summed E-state index contributed by atoms with van der Waals surface area (Å²) in [6.07, 6.45) is 0.881. The van der Waals surface area contributed by atoms with Gasteiger partial charge in [0.2, 0.25) is 0 Å². The molecular weight excluding hydrogens is 337 g/mol. The van der Waals surface area contributed by atoms with Crippen molar-refractivity contribution < 1.29 is 4.79 Å². The van der Waals surface area contributed by atoms with Crippen molar-refractivity contribution in [2.24, 2.45) is 10.7 Å². The number of amides is 1. The lowest BCUT2D eigenvalue weighted by molar-refractivity contribution is 0.0972. The first-order chi connectivity index (χ1) is 10.5. The Bertz CT molecular complexity index is 696. The number of carbonyl (C=O) groups excluding carboxylic acids is 1. The van der Waals surface area contributed by atoms with Crippen LogP contribution in [0.5, 0.6) is 0 Å². The zero-order chi connectivity index (χ0) is 16.1. The monoisotopic (exact) mass is 357 g/mol. The van der Waals surface area contributed by atoms with E-state index >= 15 is 0 Å². The van der Waals surface area contributed by atoms with Gasteiger partial charge in [-0.3, -0.25) is 15.1 Å². The zero-order valence-electron chi connectivity index (χ0n) is 13.1. The molecule has 0 aliphatic rings. The molecule has 0 saturated heterocycles. The van der Waals surface area contributed by atoms with Crippen LogP contribution in [0.15, 0.2) is 29.3 Å². The second-order valence-electron chi connectivity index (χ2n) is 5.26. The Balaban J connectivity index is 0.00000264. The van der Waals surface area contributed by atoms with Gasteiger partial charge >= 0.3 is 0 Å². The van der Waals surface area contributed by atoms with E-state index in [1.54, 1.807) is 12.1 Å². The van der Waals surface area contributed by atoms with Gasteiger partial charge < -0.3 is 15.6 Å². The Morgan fingerprint density at radius 3 is 2.83 bits per heavy atom. The average Bonchev–Trinajstić information content (AvgIpc) is 2.89. The van der Waals surface area contributed by atoms with Gasteiger partial charge in [0.1, 0.15) is 5.69 Å². The number of carbonyl (C=O) groups is 1. The van der Waals surface area contributed by atoms with Gasteiger partial charge in [-0.15, -0.1) is 12.4 Å². The average molecular weight is 358 g/mol. The largest absolute Gasteiger partial charge is 0.370 e. The van der Waals surface area contributed by atoms with Crippen LogP contribution in [0.1, 0.15) is 16.9 Å². The fourth-order valence-corrected chi connectivity index (χ4v) is 2.28. The van der Waals surface area contributed by atoms with Crippen LogP contribution in [-0.4, -0.2) is 48.9 Å². The van der Waals surface area contributed by atoms with Crippen LogP contribution in [-0.2, 0) is 0 Å². The molecule has 8 heteroatoms. The molecule has 0 aliphatic carbocycles. The number of nitrogens with two attached hydrogens (primary N) is 1. The maximum absolute atomic E-state index is 12.1. The maximum Gasteiger partial charge on any atom is 0.274 e. The smallest absolute Gasteiger partial charge is 0.274 e. The first kappa shape index (κ1) is 19.3. The fraction of sp³-hybridized carbons (Fsp3) is 0.333. The van der Waals surface area contributed by atoms with Crippen LogP contribution in [0.3, 0.4) is 0 Å². The summed E-state index contributed by atoms with van der Waals surface area (Å²) >= 11 is 6.09. The first-order valence-electron chi connectivity index (χ1n) is 7.00. The number of aromatic amines is 1. The van der Waals surface area contributed by atoms with Gasteiger partial charge in [-0.05, 0) is 45.3 Å². The van der Waals surface area contributed by atoms with Crippen LogP contribution >= 0.6 is 24.0 Å². The number of aliphatic imine (C=N–C) groups is 1. The van der Waals surface area contributed by atoms with E-state index in [-0.39, 0.29) is 24.3 Å². The van der Waals surface area contributed by atoms with Gasteiger partial charge in [0.25, 0.3) is 5.91 Å². The summed E-state index contributed by atoms with van der Waals surface area (Å²) in [5, 5.41) is 3.96. The fourth-order valence-electron chi connectivity index (χ4n) is 2.05. The lowest BCUT2D eigenvalue weighted by Crippen LogP contribution is -2.37. The van der Waals surface area contributed by atoms with E-state index in [4.69, 9.17) is 17.3 Å². The maximum atomic E-state index is 12.1. The van der Waals surface area contributed by atoms with Crippen molar-refractivity contribution in [3.05, 3.63) is 35.0 Å². The molecule has 0 fully saturated rings. The van der Waals surface area contributed by atoms with Gasteiger partial charge in [0.05, 0.1) is 0 Å². The SMILES string of the molecule is CN(C)CCCN=C(N)NC(=O)c1cc2c(Cl)cccc2[nH]1.Cl. The predicted molar refractivity (Wildman–Crippen MR) is 97.7 cm³/mol. The Kier molecular flexibility index (Phi) is 7.35. The summed E-state index contributed by atoms with van der Waals surface area (Å²) in [7, 11) is 3.99. The summed E-state index contributed by atoms with van der Waals surface area (Å²) in [5.74, 6) is -0.213. The highest BCUT2D eigenvalue weighted by molar-refractivity contribution is 6.35. The highest BCUT2D eigenvalue weighted by atomic mass is 35.5. The Hall–Kier alpha value is -1.76. The highest BCUT2D eigenvalue weighted by Crippen LogP contribution is 2.23. The minimum atomic E-state index is -0.332. The molecule has 1 aromatic heterocycles. The summed E-state index contributed by atoms with van der Waals surface area (Å²) in [5.41, 5.74) is 6.92. The number of aromatic nitrogens is 1. The molecule has 0 radical (unpaired) electrons. The van der Waals surface area contributed by atoms with Crippen LogP contribution in [0.2, 0.25) is 5.02 Å². The minimum Gasteiger partial charge on any atom is -0.370 e. The first-order valence-corrected chi connectivity index (χ1v) is 7.38. The van der Waals surface area contributed by atoms with Crippen LogP contribution in [0, 0.1) is 0 Å². The summed E-state index contributed by atoms with van der Waals surface area (Å²) < 4.78 is 0. The van der Waals surface area contributed by atoms with Gasteiger partial charge in [-0.1, -0.05) is 17.7 Å². The number of guanidine groups is 1. The molecule has 1 aromatic carbocycles. The molecule has 0 saturated carbocycles. The molecule has 2 rings (SSSR count). The molecule has 1 amide bonds. The molecule has 0 aliphatic heterocycles. The van der Waals surface area contributed by atoms with Crippen molar-refractivity contribution in [1.29, 1.82) is 0 Å². The molecule has 6 nitrogen and oxygen atoms in total. The molecule has 1 heterocycles. The number of rotatable bonds is 5. The number of hydrogen-bond donors (Lipinski definition) is 3. The van der Waals surface area contributed by atoms with Gasteiger partial charge in [0.15, 0.2) is 5.96 Å². The van der Waals surface area contributed by atoms with Crippen molar-refractivity contribution in [2.75, 3.05) is 27.2 Å². The van der Waals surface area contributed by atoms with Gasteiger partial charge in [-0.25, -0.2) is 0 Å². The lowest BCUT2D eigenvalue weighted by atomic mass is 10.2. The van der Waals surface area contributed by atoms with E-state index < -0.39 is 0 Å². The van der Waals surface area contributed by atoms with E-state index in [1.165, 1.54) is 0 Å². The van der Waals surface area contributed by atoms with Crippen LogP contribution in [0.25, 0.3) is 10.9 Å². The second kappa shape index (κ2) is 8.76. The second-order valence-corrected chi connectivity index (χ2v) is 5.67. The zero-order valence-corrected chi connectivity index (χ0v) is 14.7. The summed E-state index contributed by atoms with van der Waals surface area (Å²) in [4.78, 5) is 21.3. The number of nitrogens with one attached hydrogen (secondary N) is 2. The molecule has 4 N–H and O–H groups in total. The van der Waals surface area contributed by atoms with Crippen molar-refractivity contribution in [1.82, 2.24) is 15.2 Å². The predicted octanol–water partition coefficient (Wildman–Crippen LogP) is 2.24. The van der Waals surface area contributed by atoms with E-state index in [0.717, 1.165) is 23.9 Å². The summed E-state index contributed by atoms with van der Waals surface area (Å²) in [6.45, 7) is 1.49. The quantitative estimate of drug-likeness (QED) is 0.435. The van der Waals surface area contributed by atoms with Gasteiger partial charge in [-0.2, -0.15) is 0 Å². The molecule has 23 heavy (non-hydrogen) atoms. The van der Waals surface area contributed by atoms with Crippen molar-refractivity contribution in [3.63, 3.8) is 0 Å². The molecule has 0 spiro atoms. The van der Waals surface area contributed by atoms with Gasteiger partial charge in [0, 0.05) is 22.5 Å². The van der Waals surface area contributed by atoms with E-state index in [2.05, 4.69) is 20.2 Å². The number of nitrogens with zero attached hydrogens (tertiary/aromatic N) is 2. The van der Waals surface area contributed by atoms with Crippen LogP contribution in [0.4, 0.5) is 0 Å². The van der Waals surface area contributed by atoms with Crippen molar-refractivity contribution in [2.45, 2.75) is 6.42 Å². The lowest BCUT2D eigenvalue weighted by Gasteiger charge is -2.07. The third-order valence-electron chi connectivity index (χ3n) is 3.14. The molecule has 0 atom stereocenters. The minimum absolute atomic E-state index is 0. The van der Waals surface area contributed by atoms with E-state index in [0.29, 0.717) is 17.3 Å². The van der Waals surface area contributed by atoms with Crippen LogP contribution < -0.4 is 11.1 Å². The normalized spacial score (nSPS) is 11.6. The topological polar surface area (TPSA) is 86.5 Å². The summed E-state index contributed by atoms with van der Waals surface area (Å²) in [6, 6.07) is 7.16. The number of benzene rings is 1. The Morgan fingerprint density at radius 1 is 1.43 bits per heavy atom. The highest BCUT2D eigenvalue weighted by Gasteiger charge is 2.11. The third kappa shape index (κ3) is 5.42. The number of fused-ring (bicyclic) bond motifs is 1. The molecule has 0 unspecified atom stereocenters. The van der Waals surface area contributed by atoms with Crippen molar-refractivity contribution in [3.8, 4) is 0 Å². The molecule has 2 aromatic rings. The number of halogens is 2. The molecular formula is C15H21Cl2N5O. The number of H-pyrrole nitrogens is 1. The standard InChI is InChI=1S/C15H20ClN5O.ClH/c1-21(2)8-4-7-18-15(17)20-14(22)13-9-10-11(16)5-3-6-12(10)19-13;/h3,5-6,9,19H,4,7-8H2,1-2H3,(H3,17,18,20,22);1H. The van der Waals surface area contributed by atoms with E-state index in [9.17, 15) is 4.79 Å². The Labute approximate surface area is 146 Å². The Morgan fingerprint density at radius 2 is 2.17 bits per heavy atom. The molecule has 0 bridgehead atoms. The number of hydrogen-bond acceptors (Lipinski definition) is 3. The van der Waals surface area contributed by atoms with E-state index in [1.807, 2.05) is 26.2 Å². The third-order valence-corrected chi connectivity index (χ3v) is 3.47. The van der Waals surface area contributed by atoms with Crippen molar-refractivity contribution >= 4 is 46.8 Å².